The van der Waals surface area contributed by atoms with Crippen LogP contribution in [0.4, 0.5) is 0 Å². The zero-order valence-electron chi connectivity index (χ0n) is 16.5. The monoisotopic (exact) mass is 362 g/mol. The Kier molecular flexibility index (Phi) is 8.68. The van der Waals surface area contributed by atoms with Gasteiger partial charge < -0.3 is 20.1 Å². The molecular weight excluding hydrogens is 328 g/mol. The number of aliphatic imine (C=N–C) groups is 1. The van der Waals surface area contributed by atoms with Crippen LogP contribution in [0.5, 0.6) is 5.88 Å². The van der Waals surface area contributed by atoms with Crippen molar-refractivity contribution < 1.29 is 9.47 Å². The number of rotatable bonds is 10. The van der Waals surface area contributed by atoms with Gasteiger partial charge in [0.05, 0.1) is 6.61 Å². The van der Waals surface area contributed by atoms with Gasteiger partial charge in [-0.3, -0.25) is 4.99 Å². The van der Waals surface area contributed by atoms with Crippen molar-refractivity contribution in [2.75, 3.05) is 33.4 Å². The Bertz CT molecular complexity index is 556. The highest BCUT2D eigenvalue weighted by Gasteiger charge is 2.33. The van der Waals surface area contributed by atoms with Gasteiger partial charge >= 0.3 is 0 Å². The maximum absolute atomic E-state index is 5.60. The highest BCUT2D eigenvalue weighted by molar-refractivity contribution is 5.79. The van der Waals surface area contributed by atoms with E-state index >= 15 is 0 Å². The molecule has 2 N–H and O–H groups in total. The molecule has 0 atom stereocenters. The normalized spacial score (nSPS) is 16.5. The van der Waals surface area contributed by atoms with Gasteiger partial charge in [-0.15, -0.1) is 0 Å². The van der Waals surface area contributed by atoms with Crippen molar-refractivity contribution >= 4 is 5.96 Å². The molecule has 1 aromatic heterocycles. The molecule has 1 fully saturated rings. The largest absolute Gasteiger partial charge is 0.478 e. The molecule has 0 spiro atoms. The number of nitrogens with zero attached hydrogens (tertiary/aromatic N) is 2. The Morgan fingerprint density at radius 1 is 1.23 bits per heavy atom. The minimum Gasteiger partial charge on any atom is -0.478 e. The Balaban J connectivity index is 1.87. The lowest BCUT2D eigenvalue weighted by atomic mass is 9.83. The quantitative estimate of drug-likeness (QED) is 0.380. The third-order valence-electron chi connectivity index (χ3n) is 5.08. The maximum atomic E-state index is 5.60. The van der Waals surface area contributed by atoms with Crippen LogP contribution in [0, 0.1) is 5.41 Å². The summed E-state index contributed by atoms with van der Waals surface area (Å²) in [4.78, 5) is 8.67. The first kappa shape index (κ1) is 20.5. The number of pyridine rings is 1. The third-order valence-corrected chi connectivity index (χ3v) is 5.08. The summed E-state index contributed by atoms with van der Waals surface area (Å²) in [6.07, 6.45) is 8.02. The smallest absolute Gasteiger partial charge is 0.218 e. The predicted octanol–water partition coefficient (Wildman–Crippen LogP) is 3.13. The Morgan fingerprint density at radius 3 is 2.73 bits per heavy atom. The average molecular weight is 363 g/mol. The summed E-state index contributed by atoms with van der Waals surface area (Å²) in [6, 6.07) is 3.95. The zero-order valence-corrected chi connectivity index (χ0v) is 16.5. The minimum atomic E-state index is 0.331. The number of ether oxygens (including phenoxy) is 2. The second kappa shape index (κ2) is 11.0. The first-order valence-corrected chi connectivity index (χ1v) is 9.82. The van der Waals surface area contributed by atoms with Crippen LogP contribution in [-0.2, 0) is 11.3 Å². The molecule has 0 aliphatic heterocycles. The average Bonchev–Trinajstić information content (AvgIpc) is 3.12. The third kappa shape index (κ3) is 6.16. The molecule has 2 rings (SSSR count). The number of aromatic nitrogens is 1. The number of hydrogen-bond acceptors (Lipinski definition) is 4. The van der Waals surface area contributed by atoms with E-state index in [9.17, 15) is 0 Å². The summed E-state index contributed by atoms with van der Waals surface area (Å²) in [5.41, 5.74) is 1.36. The van der Waals surface area contributed by atoms with Gasteiger partial charge in [0.1, 0.15) is 0 Å². The molecule has 146 valence electrons. The standard InChI is InChI=1S/C20H34N4O2/c1-4-25-14-12-20(10-6-7-11-20)16-24-19(21-3)23-15-17-9-8-13-22-18(17)26-5-2/h8-9,13H,4-7,10-12,14-16H2,1-3H3,(H2,21,23,24). The second-order valence-electron chi connectivity index (χ2n) is 6.83. The topological polar surface area (TPSA) is 67.8 Å². The van der Waals surface area contributed by atoms with Gasteiger partial charge in [-0.2, -0.15) is 0 Å². The maximum Gasteiger partial charge on any atom is 0.218 e. The molecule has 0 bridgehead atoms. The number of hydrogen-bond donors (Lipinski definition) is 2. The summed E-state index contributed by atoms with van der Waals surface area (Å²) in [5.74, 6) is 1.50. The van der Waals surface area contributed by atoms with Crippen molar-refractivity contribution in [1.29, 1.82) is 0 Å². The second-order valence-corrected chi connectivity index (χ2v) is 6.83. The van der Waals surface area contributed by atoms with Gasteiger partial charge in [0.2, 0.25) is 5.88 Å². The van der Waals surface area contributed by atoms with E-state index in [1.54, 1.807) is 6.20 Å². The van der Waals surface area contributed by atoms with Crippen LogP contribution >= 0.6 is 0 Å². The van der Waals surface area contributed by atoms with Crippen LogP contribution in [0.3, 0.4) is 0 Å². The van der Waals surface area contributed by atoms with Crippen molar-refractivity contribution in [2.24, 2.45) is 10.4 Å². The van der Waals surface area contributed by atoms with E-state index in [1.165, 1.54) is 25.7 Å². The molecule has 6 nitrogen and oxygen atoms in total. The summed E-state index contributed by atoms with van der Waals surface area (Å²) in [6.45, 7) is 7.84. The fourth-order valence-electron chi connectivity index (χ4n) is 3.57. The van der Waals surface area contributed by atoms with Crippen LogP contribution in [0.25, 0.3) is 0 Å². The van der Waals surface area contributed by atoms with E-state index in [0.29, 0.717) is 24.4 Å². The van der Waals surface area contributed by atoms with E-state index in [-0.39, 0.29) is 0 Å². The van der Waals surface area contributed by atoms with Gasteiger partial charge in [0.25, 0.3) is 0 Å². The fourth-order valence-corrected chi connectivity index (χ4v) is 3.57. The molecular formula is C20H34N4O2. The van der Waals surface area contributed by atoms with E-state index < -0.39 is 0 Å². The van der Waals surface area contributed by atoms with Gasteiger partial charge in [0, 0.05) is 45.1 Å². The molecule has 6 heteroatoms. The summed E-state index contributed by atoms with van der Waals surface area (Å²) in [7, 11) is 1.81. The molecule has 1 aliphatic rings. The Hall–Kier alpha value is -1.82. The van der Waals surface area contributed by atoms with Crippen molar-refractivity contribution in [3.63, 3.8) is 0 Å². The Labute approximate surface area is 157 Å². The van der Waals surface area contributed by atoms with Crippen molar-refractivity contribution in [2.45, 2.75) is 52.5 Å². The molecule has 0 amide bonds. The van der Waals surface area contributed by atoms with E-state index in [4.69, 9.17) is 9.47 Å². The Morgan fingerprint density at radius 2 is 2.04 bits per heavy atom. The summed E-state index contributed by atoms with van der Waals surface area (Å²) >= 11 is 0. The summed E-state index contributed by atoms with van der Waals surface area (Å²) in [5, 5.41) is 6.90. The summed E-state index contributed by atoms with van der Waals surface area (Å²) < 4.78 is 11.2. The fraction of sp³-hybridized carbons (Fsp3) is 0.700. The van der Waals surface area contributed by atoms with Crippen molar-refractivity contribution in [3.8, 4) is 5.88 Å². The van der Waals surface area contributed by atoms with Crippen LogP contribution in [0.15, 0.2) is 23.3 Å². The number of nitrogens with one attached hydrogen (secondary N) is 2. The molecule has 0 radical (unpaired) electrons. The van der Waals surface area contributed by atoms with E-state index in [2.05, 4.69) is 27.5 Å². The van der Waals surface area contributed by atoms with Gasteiger partial charge in [-0.1, -0.05) is 18.9 Å². The molecule has 0 aromatic carbocycles. The lowest BCUT2D eigenvalue weighted by Gasteiger charge is -2.30. The highest BCUT2D eigenvalue weighted by Crippen LogP contribution is 2.40. The highest BCUT2D eigenvalue weighted by atomic mass is 16.5. The lowest BCUT2D eigenvalue weighted by Crippen LogP contribution is -2.43. The zero-order chi connectivity index (χ0) is 18.7. The van der Waals surface area contributed by atoms with Crippen LogP contribution in [-0.4, -0.2) is 44.4 Å². The van der Waals surface area contributed by atoms with Crippen molar-refractivity contribution in [3.05, 3.63) is 23.9 Å². The minimum absolute atomic E-state index is 0.331. The SMILES string of the molecule is CCOCCC1(CNC(=NC)NCc2cccnc2OCC)CCCC1. The van der Waals surface area contributed by atoms with Gasteiger partial charge in [0.15, 0.2) is 5.96 Å². The molecule has 0 unspecified atom stereocenters. The van der Waals surface area contributed by atoms with Gasteiger partial charge in [-0.05, 0) is 44.6 Å². The van der Waals surface area contributed by atoms with Crippen LogP contribution in [0.1, 0.15) is 51.5 Å². The van der Waals surface area contributed by atoms with E-state index in [0.717, 1.165) is 37.7 Å². The molecule has 1 saturated carbocycles. The molecule has 26 heavy (non-hydrogen) atoms. The molecule has 1 aromatic rings. The van der Waals surface area contributed by atoms with Gasteiger partial charge in [-0.25, -0.2) is 4.98 Å². The first-order valence-electron chi connectivity index (χ1n) is 9.82. The number of guanidine groups is 1. The molecule has 1 aliphatic carbocycles. The van der Waals surface area contributed by atoms with E-state index in [1.807, 2.05) is 26.1 Å². The molecule has 1 heterocycles. The van der Waals surface area contributed by atoms with Crippen molar-refractivity contribution in [1.82, 2.24) is 15.6 Å². The first-order chi connectivity index (χ1) is 12.7. The van der Waals surface area contributed by atoms with Crippen LogP contribution in [0.2, 0.25) is 0 Å². The predicted molar refractivity (Wildman–Crippen MR) is 106 cm³/mol. The molecule has 0 saturated heterocycles. The van der Waals surface area contributed by atoms with Crippen LogP contribution < -0.4 is 15.4 Å². The lowest BCUT2D eigenvalue weighted by molar-refractivity contribution is 0.105.